The first kappa shape index (κ1) is 15.6. The molecule has 0 aliphatic carbocycles. The molecule has 1 aromatic rings. The van der Waals surface area contributed by atoms with Gasteiger partial charge in [-0.1, -0.05) is 61.4 Å². The van der Waals surface area contributed by atoms with Gasteiger partial charge in [-0.3, -0.25) is 0 Å². The topological polar surface area (TPSA) is 20.2 Å². The fraction of sp³-hybridized carbons (Fsp3) is 0.600. The average Bonchev–Trinajstić information content (AvgIpc) is 2.36. The Balaban J connectivity index is 2.31. The summed E-state index contributed by atoms with van der Waals surface area (Å²) in [5, 5.41) is 9.97. The molecule has 0 aromatic heterocycles. The van der Waals surface area contributed by atoms with E-state index >= 15 is 0 Å². The molecule has 0 radical (unpaired) electrons. The van der Waals surface area contributed by atoms with Gasteiger partial charge in [0.15, 0.2) is 0 Å². The lowest BCUT2D eigenvalue weighted by Crippen LogP contribution is -2.00. The van der Waals surface area contributed by atoms with Crippen molar-refractivity contribution < 1.29 is 9.50 Å². The standard InChI is InChI=1S/C15H22BrFO/c1-2-3-4-5-6-7-8-15(18)13-11-12(16)9-10-14(13)17/h9-11,15,18H,2-8H2,1H3. The average molecular weight is 317 g/mol. The molecule has 1 aromatic carbocycles. The van der Waals surface area contributed by atoms with E-state index in [4.69, 9.17) is 0 Å². The second kappa shape index (κ2) is 8.65. The molecule has 0 spiro atoms. The summed E-state index contributed by atoms with van der Waals surface area (Å²) in [5.74, 6) is -0.323. The fourth-order valence-electron chi connectivity index (χ4n) is 2.04. The molecule has 0 saturated carbocycles. The first-order valence-electron chi connectivity index (χ1n) is 6.78. The van der Waals surface area contributed by atoms with Crippen LogP contribution in [0.15, 0.2) is 22.7 Å². The van der Waals surface area contributed by atoms with Crippen molar-refractivity contribution in [2.24, 2.45) is 0 Å². The van der Waals surface area contributed by atoms with Crippen LogP contribution in [0, 0.1) is 5.82 Å². The third-order valence-corrected chi connectivity index (χ3v) is 3.64. The van der Waals surface area contributed by atoms with E-state index in [1.165, 1.54) is 31.7 Å². The maximum atomic E-state index is 13.5. The molecular formula is C15H22BrFO. The molecule has 3 heteroatoms. The van der Waals surface area contributed by atoms with Gasteiger partial charge in [0.1, 0.15) is 5.82 Å². The molecule has 1 unspecified atom stereocenters. The van der Waals surface area contributed by atoms with Crippen molar-refractivity contribution in [3.63, 3.8) is 0 Å². The molecule has 0 aliphatic rings. The van der Waals surface area contributed by atoms with Gasteiger partial charge in [-0.05, 0) is 24.6 Å². The molecule has 0 bridgehead atoms. The molecule has 1 rings (SSSR count). The number of aliphatic hydroxyl groups excluding tert-OH is 1. The first-order valence-corrected chi connectivity index (χ1v) is 7.57. The van der Waals surface area contributed by atoms with Crippen LogP contribution in [0.25, 0.3) is 0 Å². The predicted octanol–water partition coefficient (Wildman–Crippen LogP) is 5.37. The van der Waals surface area contributed by atoms with Crippen molar-refractivity contribution in [2.75, 3.05) is 0 Å². The Morgan fingerprint density at radius 3 is 2.56 bits per heavy atom. The number of aliphatic hydroxyl groups is 1. The highest BCUT2D eigenvalue weighted by molar-refractivity contribution is 9.10. The van der Waals surface area contributed by atoms with E-state index in [9.17, 15) is 9.50 Å². The number of rotatable bonds is 8. The van der Waals surface area contributed by atoms with Gasteiger partial charge in [-0.15, -0.1) is 0 Å². The van der Waals surface area contributed by atoms with E-state index in [1.54, 1.807) is 12.1 Å². The Morgan fingerprint density at radius 2 is 1.83 bits per heavy atom. The number of benzene rings is 1. The van der Waals surface area contributed by atoms with E-state index in [2.05, 4.69) is 22.9 Å². The van der Waals surface area contributed by atoms with Crippen molar-refractivity contribution in [1.29, 1.82) is 0 Å². The molecule has 0 aliphatic heterocycles. The summed E-state index contributed by atoms with van der Waals surface area (Å²) in [6.07, 6.45) is 7.02. The van der Waals surface area contributed by atoms with Crippen LogP contribution in [0.4, 0.5) is 4.39 Å². The lowest BCUT2D eigenvalue weighted by molar-refractivity contribution is 0.158. The van der Waals surface area contributed by atoms with E-state index in [1.807, 2.05) is 0 Å². The molecule has 1 nitrogen and oxygen atoms in total. The van der Waals surface area contributed by atoms with Gasteiger partial charge in [0.05, 0.1) is 6.10 Å². The molecule has 1 N–H and O–H groups in total. The molecule has 0 fully saturated rings. The highest BCUT2D eigenvalue weighted by Crippen LogP contribution is 2.25. The van der Waals surface area contributed by atoms with Crippen LogP contribution < -0.4 is 0 Å². The van der Waals surface area contributed by atoms with E-state index in [0.717, 1.165) is 17.3 Å². The highest BCUT2D eigenvalue weighted by atomic mass is 79.9. The number of hydrogen-bond donors (Lipinski definition) is 1. The quantitative estimate of drug-likeness (QED) is 0.639. The Hall–Kier alpha value is -0.410. The van der Waals surface area contributed by atoms with E-state index in [0.29, 0.717) is 12.0 Å². The van der Waals surface area contributed by atoms with Gasteiger partial charge < -0.3 is 5.11 Å². The maximum absolute atomic E-state index is 13.5. The maximum Gasteiger partial charge on any atom is 0.129 e. The monoisotopic (exact) mass is 316 g/mol. The van der Waals surface area contributed by atoms with Crippen LogP contribution in [0.1, 0.15) is 63.5 Å². The zero-order chi connectivity index (χ0) is 13.4. The second-order valence-electron chi connectivity index (χ2n) is 4.74. The largest absolute Gasteiger partial charge is 0.388 e. The smallest absolute Gasteiger partial charge is 0.129 e. The second-order valence-corrected chi connectivity index (χ2v) is 5.65. The summed E-state index contributed by atoms with van der Waals surface area (Å²) in [5.41, 5.74) is 0.401. The Kier molecular flexibility index (Phi) is 7.52. The molecule has 102 valence electrons. The minimum atomic E-state index is -0.686. The Morgan fingerprint density at radius 1 is 1.17 bits per heavy atom. The Bertz CT molecular complexity index is 354. The molecule has 0 amide bonds. The number of hydrogen-bond acceptors (Lipinski definition) is 1. The van der Waals surface area contributed by atoms with Crippen LogP contribution in [0.5, 0.6) is 0 Å². The van der Waals surface area contributed by atoms with Gasteiger partial charge in [0, 0.05) is 10.0 Å². The van der Waals surface area contributed by atoms with Gasteiger partial charge in [-0.2, -0.15) is 0 Å². The van der Waals surface area contributed by atoms with Crippen LogP contribution in [0.3, 0.4) is 0 Å². The fourth-order valence-corrected chi connectivity index (χ4v) is 2.42. The lowest BCUT2D eigenvalue weighted by atomic mass is 10.0. The van der Waals surface area contributed by atoms with Gasteiger partial charge in [0.2, 0.25) is 0 Å². The molecule has 1 atom stereocenters. The van der Waals surface area contributed by atoms with Crippen molar-refractivity contribution >= 4 is 15.9 Å². The molecule has 0 heterocycles. The summed E-state index contributed by atoms with van der Waals surface area (Å²) in [6, 6.07) is 4.71. The SMILES string of the molecule is CCCCCCCCC(O)c1cc(Br)ccc1F. The van der Waals surface area contributed by atoms with Crippen molar-refractivity contribution in [2.45, 2.75) is 58.0 Å². The molecule has 18 heavy (non-hydrogen) atoms. The van der Waals surface area contributed by atoms with Gasteiger partial charge in [0.25, 0.3) is 0 Å². The highest BCUT2D eigenvalue weighted by Gasteiger charge is 2.12. The van der Waals surface area contributed by atoms with Crippen molar-refractivity contribution in [3.8, 4) is 0 Å². The van der Waals surface area contributed by atoms with Crippen LogP contribution in [0.2, 0.25) is 0 Å². The zero-order valence-electron chi connectivity index (χ0n) is 11.0. The summed E-state index contributed by atoms with van der Waals surface area (Å²) < 4.78 is 14.3. The first-order chi connectivity index (χ1) is 8.65. The normalized spacial score (nSPS) is 12.7. The van der Waals surface area contributed by atoms with Gasteiger partial charge in [-0.25, -0.2) is 4.39 Å². The van der Waals surface area contributed by atoms with Crippen molar-refractivity contribution in [1.82, 2.24) is 0 Å². The van der Waals surface area contributed by atoms with Crippen molar-refractivity contribution in [3.05, 3.63) is 34.1 Å². The summed E-state index contributed by atoms with van der Waals surface area (Å²) in [6.45, 7) is 2.19. The molecular weight excluding hydrogens is 295 g/mol. The predicted molar refractivity (Wildman–Crippen MR) is 77.1 cm³/mol. The third kappa shape index (κ3) is 5.49. The zero-order valence-corrected chi connectivity index (χ0v) is 12.5. The number of unbranched alkanes of at least 4 members (excludes halogenated alkanes) is 5. The number of halogens is 2. The third-order valence-electron chi connectivity index (χ3n) is 3.15. The molecule has 0 saturated heterocycles. The van der Waals surface area contributed by atoms with E-state index < -0.39 is 6.10 Å². The summed E-state index contributed by atoms with van der Waals surface area (Å²) in [7, 11) is 0. The summed E-state index contributed by atoms with van der Waals surface area (Å²) >= 11 is 3.30. The minimum absolute atomic E-state index is 0.323. The van der Waals surface area contributed by atoms with Gasteiger partial charge >= 0.3 is 0 Å². The Labute approximate surface area is 118 Å². The minimum Gasteiger partial charge on any atom is -0.388 e. The van der Waals surface area contributed by atoms with Crippen LogP contribution >= 0.6 is 15.9 Å². The van der Waals surface area contributed by atoms with Crippen LogP contribution in [-0.2, 0) is 0 Å². The van der Waals surface area contributed by atoms with E-state index in [-0.39, 0.29) is 5.82 Å². The lowest BCUT2D eigenvalue weighted by Gasteiger charge is -2.12. The van der Waals surface area contributed by atoms with Crippen LogP contribution in [-0.4, -0.2) is 5.11 Å². The summed E-state index contributed by atoms with van der Waals surface area (Å²) in [4.78, 5) is 0.